The number of nitrogens with one attached hydrogen (secondary N) is 2. The zero-order valence-electron chi connectivity index (χ0n) is 14.8. The number of benzene rings is 2. The summed E-state index contributed by atoms with van der Waals surface area (Å²) in [5, 5.41) is 0. The van der Waals surface area contributed by atoms with E-state index in [1.54, 1.807) is 30.5 Å². The zero-order valence-corrected chi connectivity index (χ0v) is 15.6. The number of H-pyrrole nitrogens is 1. The zero-order chi connectivity index (χ0) is 20.0. The van der Waals surface area contributed by atoms with Crippen molar-refractivity contribution in [2.45, 2.75) is 11.4 Å². The summed E-state index contributed by atoms with van der Waals surface area (Å²) in [6.07, 6.45) is 1.59. The average Bonchev–Trinajstić information content (AvgIpc) is 3.26. The molecule has 0 fully saturated rings. The maximum Gasteiger partial charge on any atom is 0.338 e. The lowest BCUT2D eigenvalue weighted by molar-refractivity contribution is 0.0473. The second kappa shape index (κ2) is 8.64. The van der Waals surface area contributed by atoms with Gasteiger partial charge in [0.1, 0.15) is 0 Å². The number of hydrogen-bond donors (Lipinski definition) is 2. The fourth-order valence-electron chi connectivity index (χ4n) is 2.44. The van der Waals surface area contributed by atoms with Crippen LogP contribution in [0.3, 0.4) is 0 Å². The monoisotopic (exact) mass is 398 g/mol. The average molecular weight is 398 g/mol. The summed E-state index contributed by atoms with van der Waals surface area (Å²) >= 11 is 0. The second-order valence-electron chi connectivity index (χ2n) is 5.92. The van der Waals surface area contributed by atoms with E-state index in [1.165, 1.54) is 24.3 Å². The van der Waals surface area contributed by atoms with Gasteiger partial charge in [0, 0.05) is 12.7 Å². The Morgan fingerprint density at radius 2 is 1.75 bits per heavy atom. The van der Waals surface area contributed by atoms with Crippen molar-refractivity contribution in [3.05, 3.63) is 89.7 Å². The molecule has 0 bridgehead atoms. The van der Waals surface area contributed by atoms with Crippen molar-refractivity contribution >= 4 is 21.8 Å². The quantitative estimate of drug-likeness (QED) is 0.448. The summed E-state index contributed by atoms with van der Waals surface area (Å²) in [6.45, 7) is -0.314. The molecule has 0 atom stereocenters. The number of ketones is 1. The van der Waals surface area contributed by atoms with Gasteiger partial charge < -0.3 is 9.72 Å². The number of sulfonamides is 1. The van der Waals surface area contributed by atoms with Gasteiger partial charge in [-0.2, -0.15) is 0 Å². The molecule has 1 heterocycles. The topological polar surface area (TPSA) is 105 Å². The second-order valence-corrected chi connectivity index (χ2v) is 7.69. The molecule has 28 heavy (non-hydrogen) atoms. The molecule has 0 aliphatic heterocycles. The number of ether oxygens (including phenoxy) is 1. The Hall–Kier alpha value is -3.23. The van der Waals surface area contributed by atoms with Crippen LogP contribution in [0.4, 0.5) is 0 Å². The van der Waals surface area contributed by atoms with E-state index in [1.807, 2.05) is 18.2 Å². The molecule has 0 amide bonds. The van der Waals surface area contributed by atoms with Gasteiger partial charge in [0.05, 0.1) is 16.2 Å². The minimum atomic E-state index is -3.81. The van der Waals surface area contributed by atoms with Crippen LogP contribution in [-0.2, 0) is 21.3 Å². The number of carbonyl (C=O) groups excluding carboxylic acids is 2. The molecule has 0 spiro atoms. The lowest BCUT2D eigenvalue weighted by atomic mass is 10.2. The number of rotatable bonds is 8. The highest BCUT2D eigenvalue weighted by Gasteiger charge is 2.18. The number of esters is 1. The summed E-state index contributed by atoms with van der Waals surface area (Å²) in [7, 11) is -3.81. The van der Waals surface area contributed by atoms with E-state index >= 15 is 0 Å². The van der Waals surface area contributed by atoms with Crippen molar-refractivity contribution in [2.24, 2.45) is 0 Å². The Balaban J connectivity index is 1.65. The SMILES string of the molecule is O=C(OCC(=O)c1ccc[nH]1)c1cccc(S(=O)(=O)NCc2ccccc2)c1. The van der Waals surface area contributed by atoms with Gasteiger partial charge in [-0.25, -0.2) is 17.9 Å². The van der Waals surface area contributed by atoms with Crippen LogP contribution in [-0.4, -0.2) is 31.8 Å². The Morgan fingerprint density at radius 1 is 0.964 bits per heavy atom. The smallest absolute Gasteiger partial charge is 0.338 e. The molecule has 0 unspecified atom stereocenters. The van der Waals surface area contributed by atoms with Gasteiger partial charge in [-0.15, -0.1) is 0 Å². The van der Waals surface area contributed by atoms with E-state index in [0.717, 1.165) is 5.56 Å². The fraction of sp³-hybridized carbons (Fsp3) is 0.100. The summed E-state index contributed by atoms with van der Waals surface area (Å²) < 4.78 is 32.4. The molecule has 7 nitrogen and oxygen atoms in total. The largest absolute Gasteiger partial charge is 0.454 e. The van der Waals surface area contributed by atoms with Crippen molar-refractivity contribution in [3.63, 3.8) is 0 Å². The van der Waals surface area contributed by atoms with Crippen molar-refractivity contribution in [2.75, 3.05) is 6.61 Å². The standard InChI is InChI=1S/C20H18N2O5S/c23-19(18-10-5-11-21-18)14-27-20(24)16-8-4-9-17(12-16)28(25,26)22-13-15-6-2-1-3-7-15/h1-12,21-22H,13-14H2. The highest BCUT2D eigenvalue weighted by Crippen LogP contribution is 2.13. The van der Waals surface area contributed by atoms with Crippen LogP contribution in [0.1, 0.15) is 26.4 Å². The Bertz CT molecular complexity index is 1060. The molecule has 0 aliphatic carbocycles. The molecule has 8 heteroatoms. The van der Waals surface area contributed by atoms with Crippen LogP contribution in [0, 0.1) is 0 Å². The van der Waals surface area contributed by atoms with Gasteiger partial charge in [-0.1, -0.05) is 36.4 Å². The number of carbonyl (C=O) groups is 2. The molecule has 0 radical (unpaired) electrons. The Labute approximate surface area is 162 Å². The van der Waals surface area contributed by atoms with E-state index in [9.17, 15) is 18.0 Å². The van der Waals surface area contributed by atoms with E-state index in [2.05, 4.69) is 9.71 Å². The summed E-state index contributed by atoms with van der Waals surface area (Å²) in [5.41, 5.74) is 1.18. The normalized spacial score (nSPS) is 11.1. The highest BCUT2D eigenvalue weighted by molar-refractivity contribution is 7.89. The summed E-state index contributed by atoms with van der Waals surface area (Å²) in [4.78, 5) is 26.7. The lowest BCUT2D eigenvalue weighted by Crippen LogP contribution is -2.23. The first-order valence-corrected chi connectivity index (χ1v) is 9.91. The molecule has 1 aromatic heterocycles. The first-order valence-electron chi connectivity index (χ1n) is 8.43. The maximum atomic E-state index is 12.5. The van der Waals surface area contributed by atoms with Crippen molar-refractivity contribution in [1.29, 1.82) is 0 Å². The van der Waals surface area contributed by atoms with Crippen LogP contribution in [0.15, 0.2) is 77.8 Å². The molecule has 3 aromatic rings. The highest BCUT2D eigenvalue weighted by atomic mass is 32.2. The van der Waals surface area contributed by atoms with Crippen LogP contribution in [0.25, 0.3) is 0 Å². The van der Waals surface area contributed by atoms with E-state index in [4.69, 9.17) is 4.74 Å². The van der Waals surface area contributed by atoms with Gasteiger partial charge in [-0.3, -0.25) is 4.79 Å². The number of Topliss-reactive ketones (excluding diaryl/α,β-unsaturated/α-hetero) is 1. The van der Waals surface area contributed by atoms with Gasteiger partial charge in [-0.05, 0) is 35.9 Å². The maximum absolute atomic E-state index is 12.5. The lowest BCUT2D eigenvalue weighted by Gasteiger charge is -2.09. The Kier molecular flexibility index (Phi) is 6.03. The van der Waals surface area contributed by atoms with E-state index in [-0.39, 0.29) is 22.8 Å². The van der Waals surface area contributed by atoms with Gasteiger partial charge in [0.25, 0.3) is 0 Å². The number of aromatic amines is 1. The molecule has 0 saturated carbocycles. The Morgan fingerprint density at radius 3 is 2.46 bits per heavy atom. The van der Waals surface area contributed by atoms with Gasteiger partial charge in [0.15, 0.2) is 6.61 Å². The van der Waals surface area contributed by atoms with E-state index < -0.39 is 22.6 Å². The predicted octanol–water partition coefficient (Wildman–Crippen LogP) is 2.53. The van der Waals surface area contributed by atoms with E-state index in [0.29, 0.717) is 5.69 Å². The van der Waals surface area contributed by atoms with Crippen LogP contribution < -0.4 is 4.72 Å². The van der Waals surface area contributed by atoms with Crippen LogP contribution in [0.2, 0.25) is 0 Å². The van der Waals surface area contributed by atoms with Crippen molar-refractivity contribution in [3.8, 4) is 0 Å². The molecule has 3 rings (SSSR count). The van der Waals surface area contributed by atoms with Crippen LogP contribution in [0.5, 0.6) is 0 Å². The third-order valence-electron chi connectivity index (χ3n) is 3.92. The molecular weight excluding hydrogens is 380 g/mol. The molecule has 2 N–H and O–H groups in total. The third kappa shape index (κ3) is 4.93. The molecule has 2 aromatic carbocycles. The van der Waals surface area contributed by atoms with Gasteiger partial charge in [0.2, 0.25) is 15.8 Å². The number of aromatic nitrogens is 1. The minimum absolute atomic E-state index is 0.0434. The molecule has 0 aliphatic rings. The fourth-order valence-corrected chi connectivity index (χ4v) is 3.51. The van der Waals surface area contributed by atoms with Gasteiger partial charge >= 0.3 is 5.97 Å². The first kappa shape index (κ1) is 19.5. The molecular formula is C20H18N2O5S. The van der Waals surface area contributed by atoms with Crippen molar-refractivity contribution in [1.82, 2.24) is 9.71 Å². The molecule has 0 saturated heterocycles. The third-order valence-corrected chi connectivity index (χ3v) is 5.32. The first-order chi connectivity index (χ1) is 13.5. The van der Waals surface area contributed by atoms with Crippen molar-refractivity contribution < 1.29 is 22.7 Å². The number of hydrogen-bond acceptors (Lipinski definition) is 5. The van der Waals surface area contributed by atoms with Crippen LogP contribution >= 0.6 is 0 Å². The summed E-state index contributed by atoms with van der Waals surface area (Å²) in [5.74, 6) is -1.16. The minimum Gasteiger partial charge on any atom is -0.454 e. The molecule has 144 valence electrons. The predicted molar refractivity (Wildman–Crippen MR) is 102 cm³/mol. The summed E-state index contributed by atoms with van der Waals surface area (Å²) in [6, 6.07) is 17.8.